The molecule has 0 saturated heterocycles. The number of nitrogens with one attached hydrogen (secondary N) is 1. The number of hydrogen-bond donors (Lipinski definition) is 1. The van der Waals surface area contributed by atoms with Gasteiger partial charge >= 0.3 is 0 Å². The Morgan fingerprint density at radius 2 is 1.76 bits per heavy atom. The predicted octanol–water partition coefficient (Wildman–Crippen LogP) is 5.89. The van der Waals surface area contributed by atoms with Crippen molar-refractivity contribution in [2.45, 2.75) is 58.3 Å². The molecule has 1 atom stereocenters. The van der Waals surface area contributed by atoms with Crippen molar-refractivity contribution in [3.05, 3.63) is 42.9 Å². The van der Waals surface area contributed by atoms with Crippen LogP contribution in [0, 0.1) is 11.8 Å². The van der Waals surface area contributed by atoms with Crippen LogP contribution in [0.4, 0.5) is 5.95 Å². The molecule has 1 saturated carbocycles. The van der Waals surface area contributed by atoms with Gasteiger partial charge in [-0.2, -0.15) is 4.98 Å². The van der Waals surface area contributed by atoms with Gasteiger partial charge in [-0.3, -0.25) is 4.98 Å². The third kappa shape index (κ3) is 5.28. The largest absolute Gasteiger partial charge is 0.354 e. The fraction of sp³-hybridized carbons (Fsp3) is 0.500. The summed E-state index contributed by atoms with van der Waals surface area (Å²) in [6.45, 7) is 3.28. The SMILES string of the molecule is CC(CNc1ncnc(-c2ccc3ncccc3c2)n1)C1CCCCCCCC1. The minimum absolute atomic E-state index is 0.625. The van der Waals surface area contributed by atoms with Crippen LogP contribution in [-0.4, -0.2) is 26.5 Å². The molecule has 1 aliphatic rings. The Morgan fingerprint density at radius 3 is 2.59 bits per heavy atom. The molecule has 152 valence electrons. The first-order chi connectivity index (χ1) is 14.3. The molecule has 0 bridgehead atoms. The number of aromatic nitrogens is 4. The summed E-state index contributed by atoms with van der Waals surface area (Å²) in [5, 5.41) is 4.56. The molecule has 29 heavy (non-hydrogen) atoms. The molecular weight excluding hydrogens is 358 g/mol. The van der Waals surface area contributed by atoms with Gasteiger partial charge in [0.25, 0.3) is 0 Å². The maximum atomic E-state index is 4.66. The Balaban J connectivity index is 1.41. The average Bonchev–Trinajstić information content (AvgIpc) is 2.91. The molecular formula is C24H31N5. The molecule has 5 nitrogen and oxygen atoms in total. The normalized spacial score (nSPS) is 17.3. The van der Waals surface area contributed by atoms with Gasteiger partial charge in [-0.25, -0.2) is 9.97 Å². The number of anilines is 1. The zero-order valence-corrected chi connectivity index (χ0v) is 17.3. The van der Waals surface area contributed by atoms with Crippen molar-refractivity contribution in [1.82, 2.24) is 19.9 Å². The molecule has 1 fully saturated rings. The monoisotopic (exact) mass is 389 g/mol. The van der Waals surface area contributed by atoms with Crippen LogP contribution in [0.1, 0.15) is 58.3 Å². The van der Waals surface area contributed by atoms with Crippen molar-refractivity contribution in [3.8, 4) is 11.4 Å². The second kappa shape index (κ2) is 9.77. The van der Waals surface area contributed by atoms with Gasteiger partial charge in [-0.05, 0) is 36.1 Å². The molecule has 2 aromatic heterocycles. The molecule has 2 heterocycles. The van der Waals surface area contributed by atoms with Gasteiger partial charge < -0.3 is 5.32 Å². The van der Waals surface area contributed by atoms with Crippen LogP contribution < -0.4 is 5.32 Å². The predicted molar refractivity (Wildman–Crippen MR) is 119 cm³/mol. The molecule has 5 heteroatoms. The summed E-state index contributed by atoms with van der Waals surface area (Å²) < 4.78 is 0. The third-order valence-electron chi connectivity index (χ3n) is 6.22. The van der Waals surface area contributed by atoms with Crippen molar-refractivity contribution in [2.75, 3.05) is 11.9 Å². The van der Waals surface area contributed by atoms with Crippen molar-refractivity contribution in [1.29, 1.82) is 0 Å². The number of fused-ring (bicyclic) bond motifs is 1. The van der Waals surface area contributed by atoms with E-state index in [0.717, 1.165) is 28.9 Å². The summed E-state index contributed by atoms with van der Waals surface area (Å²) in [5.41, 5.74) is 1.97. The second-order valence-electron chi connectivity index (χ2n) is 8.36. The topological polar surface area (TPSA) is 63.6 Å². The van der Waals surface area contributed by atoms with Gasteiger partial charge in [-0.1, -0.05) is 64.4 Å². The fourth-order valence-corrected chi connectivity index (χ4v) is 4.39. The number of rotatable bonds is 5. The second-order valence-corrected chi connectivity index (χ2v) is 8.36. The van der Waals surface area contributed by atoms with Crippen molar-refractivity contribution in [2.24, 2.45) is 11.8 Å². The highest BCUT2D eigenvalue weighted by molar-refractivity contribution is 5.83. The summed E-state index contributed by atoms with van der Waals surface area (Å²) in [6, 6.07) is 10.1. The minimum Gasteiger partial charge on any atom is -0.354 e. The summed E-state index contributed by atoms with van der Waals surface area (Å²) in [4.78, 5) is 17.8. The van der Waals surface area contributed by atoms with Crippen molar-refractivity contribution in [3.63, 3.8) is 0 Å². The van der Waals surface area contributed by atoms with E-state index in [1.807, 2.05) is 24.4 Å². The molecule has 3 aromatic rings. The van der Waals surface area contributed by atoms with Crippen LogP contribution in [-0.2, 0) is 0 Å². The molecule has 4 rings (SSSR count). The zero-order chi connectivity index (χ0) is 19.9. The lowest BCUT2D eigenvalue weighted by Gasteiger charge is -2.24. The minimum atomic E-state index is 0.625. The summed E-state index contributed by atoms with van der Waals surface area (Å²) in [7, 11) is 0. The first-order valence-corrected chi connectivity index (χ1v) is 11.1. The molecule has 1 unspecified atom stereocenters. The number of pyridine rings is 1. The zero-order valence-electron chi connectivity index (χ0n) is 17.3. The van der Waals surface area contributed by atoms with Gasteiger partial charge in [0, 0.05) is 23.7 Å². The molecule has 1 aromatic carbocycles. The van der Waals surface area contributed by atoms with Crippen molar-refractivity contribution >= 4 is 16.9 Å². The van der Waals surface area contributed by atoms with Gasteiger partial charge in [0.1, 0.15) is 6.33 Å². The van der Waals surface area contributed by atoms with Crippen LogP contribution in [0.15, 0.2) is 42.9 Å². The Labute approximate surface area is 173 Å². The van der Waals surface area contributed by atoms with Gasteiger partial charge in [-0.15, -0.1) is 0 Å². The Hall–Kier alpha value is -2.56. The highest BCUT2D eigenvalue weighted by Gasteiger charge is 2.18. The molecule has 1 aliphatic carbocycles. The highest BCUT2D eigenvalue weighted by Crippen LogP contribution is 2.28. The van der Waals surface area contributed by atoms with Crippen LogP contribution >= 0.6 is 0 Å². The standard InChI is InChI=1S/C24H31N5/c1-18(19-9-6-4-2-3-5-7-10-19)16-26-24-28-17-27-23(29-24)21-12-13-22-20(15-21)11-8-14-25-22/h8,11-15,17-19H,2-7,9-10,16H2,1H3,(H,26,27,28,29). The average molecular weight is 390 g/mol. The lowest BCUT2D eigenvalue weighted by atomic mass is 9.85. The molecule has 0 amide bonds. The van der Waals surface area contributed by atoms with Crippen LogP contribution in [0.25, 0.3) is 22.3 Å². The summed E-state index contributed by atoms with van der Waals surface area (Å²) >= 11 is 0. The lowest BCUT2D eigenvalue weighted by Crippen LogP contribution is -2.21. The maximum Gasteiger partial charge on any atom is 0.226 e. The van der Waals surface area contributed by atoms with E-state index in [4.69, 9.17) is 0 Å². The van der Waals surface area contributed by atoms with Gasteiger partial charge in [0.05, 0.1) is 5.52 Å². The van der Waals surface area contributed by atoms with E-state index in [1.54, 1.807) is 6.33 Å². The molecule has 0 spiro atoms. The maximum absolute atomic E-state index is 4.66. The first kappa shape index (κ1) is 19.7. The third-order valence-corrected chi connectivity index (χ3v) is 6.22. The van der Waals surface area contributed by atoms with E-state index in [9.17, 15) is 0 Å². The van der Waals surface area contributed by atoms with E-state index >= 15 is 0 Å². The summed E-state index contributed by atoms with van der Waals surface area (Å²) in [6.07, 6.45) is 14.5. The van der Waals surface area contributed by atoms with E-state index in [0.29, 0.717) is 17.7 Å². The number of hydrogen-bond acceptors (Lipinski definition) is 5. The Kier molecular flexibility index (Phi) is 6.65. The highest BCUT2D eigenvalue weighted by atomic mass is 15.1. The van der Waals surface area contributed by atoms with Gasteiger partial charge in [0.15, 0.2) is 5.82 Å². The number of benzene rings is 1. The van der Waals surface area contributed by atoms with Crippen molar-refractivity contribution < 1.29 is 0 Å². The van der Waals surface area contributed by atoms with E-state index in [2.05, 4.69) is 44.3 Å². The smallest absolute Gasteiger partial charge is 0.226 e. The van der Waals surface area contributed by atoms with Crippen LogP contribution in [0.3, 0.4) is 0 Å². The molecule has 0 radical (unpaired) electrons. The Morgan fingerprint density at radius 1 is 0.966 bits per heavy atom. The molecule has 0 aliphatic heterocycles. The summed E-state index contributed by atoms with van der Waals surface area (Å²) in [5.74, 6) is 2.79. The van der Waals surface area contributed by atoms with E-state index in [-0.39, 0.29) is 0 Å². The first-order valence-electron chi connectivity index (χ1n) is 11.1. The van der Waals surface area contributed by atoms with E-state index in [1.165, 1.54) is 51.4 Å². The molecule has 1 N–H and O–H groups in total. The fourth-order valence-electron chi connectivity index (χ4n) is 4.39. The quantitative estimate of drug-likeness (QED) is 0.590. The van der Waals surface area contributed by atoms with Crippen LogP contribution in [0.5, 0.6) is 0 Å². The number of nitrogens with zero attached hydrogens (tertiary/aromatic N) is 4. The lowest BCUT2D eigenvalue weighted by molar-refractivity contribution is 0.315. The van der Waals surface area contributed by atoms with Crippen LogP contribution in [0.2, 0.25) is 0 Å². The van der Waals surface area contributed by atoms with E-state index < -0.39 is 0 Å². The van der Waals surface area contributed by atoms with Gasteiger partial charge in [0.2, 0.25) is 5.95 Å². The Bertz CT molecular complexity index is 916.